The number of nitrogens with zero attached hydrogens (tertiary/aromatic N) is 1. The molecule has 2 aromatic rings. The van der Waals surface area contributed by atoms with Crippen molar-refractivity contribution in [1.29, 1.82) is 0 Å². The van der Waals surface area contributed by atoms with Crippen LogP contribution in [-0.2, 0) is 37.2 Å². The third kappa shape index (κ3) is 7.24. The number of hydrogen-bond acceptors (Lipinski definition) is 5. The van der Waals surface area contributed by atoms with E-state index in [-0.39, 0.29) is 23.6 Å². The fraction of sp³-hybridized carbons (Fsp3) is 0.444. The van der Waals surface area contributed by atoms with Crippen molar-refractivity contribution >= 4 is 27.7 Å². The van der Waals surface area contributed by atoms with Crippen molar-refractivity contribution in [2.24, 2.45) is 0 Å². The van der Waals surface area contributed by atoms with Gasteiger partial charge in [0.2, 0.25) is 15.9 Å². The Hall–Kier alpha value is -3.04. The van der Waals surface area contributed by atoms with Gasteiger partial charge in [0.25, 0.3) is 0 Å². The zero-order valence-electron chi connectivity index (χ0n) is 20.6. The van der Waals surface area contributed by atoms with Crippen LogP contribution in [0, 0.1) is 0 Å². The molecule has 0 bridgehead atoms. The van der Waals surface area contributed by atoms with E-state index in [1.807, 2.05) is 0 Å². The minimum atomic E-state index is -3.87. The van der Waals surface area contributed by atoms with E-state index >= 15 is 0 Å². The van der Waals surface area contributed by atoms with Crippen LogP contribution in [0.3, 0.4) is 0 Å². The number of sulfonamides is 1. The first-order valence-electron chi connectivity index (χ1n) is 12.4. The van der Waals surface area contributed by atoms with Gasteiger partial charge in [0.05, 0.1) is 4.90 Å². The quantitative estimate of drug-likeness (QED) is 0.396. The van der Waals surface area contributed by atoms with Gasteiger partial charge in [0, 0.05) is 25.8 Å². The number of carbonyl (C=O) groups excluding carboxylic acids is 2. The second-order valence-corrected chi connectivity index (χ2v) is 11.1. The monoisotopic (exact) mass is 514 g/mol. The smallest absolute Gasteiger partial charge is 0.326 e. The molecule has 0 radical (unpaired) electrons. The average Bonchev–Trinajstić information content (AvgIpc) is 3.37. The van der Waals surface area contributed by atoms with Crippen LogP contribution in [0.4, 0.5) is 0 Å². The van der Waals surface area contributed by atoms with Gasteiger partial charge < -0.3 is 10.4 Å². The molecule has 2 unspecified atom stereocenters. The van der Waals surface area contributed by atoms with E-state index in [2.05, 4.69) is 12.2 Å². The zero-order valence-corrected chi connectivity index (χ0v) is 21.4. The van der Waals surface area contributed by atoms with Gasteiger partial charge in [0.1, 0.15) is 17.9 Å². The second-order valence-electron chi connectivity index (χ2n) is 9.18. The highest BCUT2D eigenvalue weighted by atomic mass is 32.2. The highest BCUT2D eigenvalue weighted by Gasteiger charge is 2.40. The summed E-state index contributed by atoms with van der Waals surface area (Å²) in [5, 5.41) is 12.3. The summed E-state index contributed by atoms with van der Waals surface area (Å²) >= 11 is 0. The lowest BCUT2D eigenvalue weighted by molar-refractivity contribution is -0.142. The molecule has 1 aliphatic heterocycles. The van der Waals surface area contributed by atoms with E-state index in [0.717, 1.165) is 29.1 Å². The Morgan fingerprint density at radius 1 is 1.03 bits per heavy atom. The summed E-state index contributed by atoms with van der Waals surface area (Å²) < 4.78 is 27.3. The molecule has 2 aromatic carbocycles. The summed E-state index contributed by atoms with van der Waals surface area (Å²) in [4.78, 5) is 37.1. The van der Waals surface area contributed by atoms with Crippen LogP contribution in [0.25, 0.3) is 0 Å². The van der Waals surface area contributed by atoms with Gasteiger partial charge in [0.15, 0.2) is 0 Å². The van der Waals surface area contributed by atoms with Crippen molar-refractivity contribution < 1.29 is 27.9 Å². The van der Waals surface area contributed by atoms with E-state index in [9.17, 15) is 27.9 Å². The van der Waals surface area contributed by atoms with Gasteiger partial charge in [-0.25, -0.2) is 13.2 Å². The number of carbonyl (C=O) groups is 3. The molecule has 194 valence electrons. The number of amides is 1. The van der Waals surface area contributed by atoms with Crippen LogP contribution in [0.1, 0.15) is 56.6 Å². The Morgan fingerprint density at radius 2 is 1.69 bits per heavy atom. The van der Waals surface area contributed by atoms with E-state index in [1.54, 1.807) is 42.5 Å². The molecule has 0 spiro atoms. The minimum absolute atomic E-state index is 0.0456. The molecule has 1 heterocycles. The summed E-state index contributed by atoms with van der Waals surface area (Å²) in [7, 11) is -3.87. The van der Waals surface area contributed by atoms with Crippen molar-refractivity contribution in [3.05, 3.63) is 65.7 Å². The van der Waals surface area contributed by atoms with Crippen LogP contribution in [0.5, 0.6) is 0 Å². The van der Waals surface area contributed by atoms with Gasteiger partial charge in [-0.1, -0.05) is 62.2 Å². The number of benzene rings is 2. The maximum atomic E-state index is 13.0. The number of rotatable bonds is 13. The fourth-order valence-electron chi connectivity index (χ4n) is 4.40. The largest absolute Gasteiger partial charge is 0.480 e. The molecular weight excluding hydrogens is 480 g/mol. The Kier molecular flexibility index (Phi) is 9.78. The maximum absolute atomic E-state index is 13.0. The highest BCUT2D eigenvalue weighted by Crippen LogP contribution is 2.26. The second kappa shape index (κ2) is 12.8. The normalized spacial score (nSPS) is 17.0. The Labute approximate surface area is 212 Å². The lowest BCUT2D eigenvalue weighted by atomic mass is 10.00. The van der Waals surface area contributed by atoms with Gasteiger partial charge in [-0.05, 0) is 42.5 Å². The predicted molar refractivity (Wildman–Crippen MR) is 136 cm³/mol. The molecule has 1 amide bonds. The molecule has 1 saturated heterocycles. The average molecular weight is 515 g/mol. The lowest BCUT2D eigenvalue weighted by Crippen LogP contribution is -2.51. The SMILES string of the molecule is CCCCCC(=O)Cc1ccc(CC(NC(=O)C2CCCN2S(=O)(=O)c2ccccc2)C(=O)O)cc1. The van der Waals surface area contributed by atoms with Gasteiger partial charge in [-0.2, -0.15) is 4.31 Å². The molecule has 1 fully saturated rings. The van der Waals surface area contributed by atoms with E-state index in [0.29, 0.717) is 31.2 Å². The summed E-state index contributed by atoms with van der Waals surface area (Å²) in [6.07, 6.45) is 4.76. The van der Waals surface area contributed by atoms with Crippen molar-refractivity contribution in [3.63, 3.8) is 0 Å². The molecule has 0 aliphatic carbocycles. The first-order chi connectivity index (χ1) is 17.2. The number of hydrogen-bond donors (Lipinski definition) is 2. The molecule has 3 rings (SSSR count). The maximum Gasteiger partial charge on any atom is 0.326 e. The predicted octanol–water partition coefficient (Wildman–Crippen LogP) is 3.34. The van der Waals surface area contributed by atoms with Crippen molar-refractivity contribution in [2.75, 3.05) is 6.54 Å². The number of carboxylic acids is 1. The Morgan fingerprint density at radius 3 is 2.33 bits per heavy atom. The van der Waals surface area contributed by atoms with Gasteiger partial charge >= 0.3 is 5.97 Å². The van der Waals surface area contributed by atoms with Crippen LogP contribution < -0.4 is 5.32 Å². The van der Waals surface area contributed by atoms with E-state index < -0.39 is 34.0 Å². The van der Waals surface area contributed by atoms with Crippen LogP contribution >= 0.6 is 0 Å². The van der Waals surface area contributed by atoms with E-state index in [1.165, 1.54) is 12.1 Å². The number of unbranched alkanes of at least 4 members (excludes halogenated alkanes) is 2. The first-order valence-corrected chi connectivity index (χ1v) is 13.9. The summed E-state index contributed by atoms with van der Waals surface area (Å²) in [5.41, 5.74) is 1.56. The topological polar surface area (TPSA) is 121 Å². The van der Waals surface area contributed by atoms with Crippen LogP contribution in [-0.4, -0.2) is 54.1 Å². The first kappa shape index (κ1) is 27.5. The molecule has 36 heavy (non-hydrogen) atoms. The highest BCUT2D eigenvalue weighted by molar-refractivity contribution is 7.89. The molecule has 0 aromatic heterocycles. The van der Waals surface area contributed by atoms with Gasteiger partial charge in [-0.15, -0.1) is 0 Å². The molecule has 8 nitrogen and oxygen atoms in total. The van der Waals surface area contributed by atoms with Crippen molar-refractivity contribution in [3.8, 4) is 0 Å². The summed E-state index contributed by atoms with van der Waals surface area (Å²) in [5.74, 6) is -1.64. The van der Waals surface area contributed by atoms with Crippen molar-refractivity contribution in [2.45, 2.75) is 75.3 Å². The van der Waals surface area contributed by atoms with Crippen LogP contribution in [0.15, 0.2) is 59.5 Å². The van der Waals surface area contributed by atoms with Crippen molar-refractivity contribution in [1.82, 2.24) is 9.62 Å². The fourth-order valence-corrected chi connectivity index (χ4v) is 6.08. The Balaban J connectivity index is 1.63. The van der Waals surface area contributed by atoms with Gasteiger partial charge in [-0.3, -0.25) is 9.59 Å². The third-order valence-corrected chi connectivity index (χ3v) is 8.32. The summed E-state index contributed by atoms with van der Waals surface area (Å²) in [6.45, 7) is 2.29. The minimum Gasteiger partial charge on any atom is -0.480 e. The van der Waals surface area contributed by atoms with Crippen LogP contribution in [0.2, 0.25) is 0 Å². The number of aliphatic carboxylic acids is 1. The summed E-state index contributed by atoms with van der Waals surface area (Å²) in [6, 6.07) is 12.9. The number of Topliss-reactive ketones (excluding diaryl/α,β-unsaturated/α-hetero) is 1. The number of nitrogens with one attached hydrogen (secondary N) is 1. The molecule has 1 aliphatic rings. The molecular formula is C27H34N2O6S. The molecule has 0 saturated carbocycles. The molecule has 2 atom stereocenters. The Bertz CT molecular complexity index is 1150. The third-order valence-electron chi connectivity index (χ3n) is 6.39. The standard InChI is InChI=1S/C27H34N2O6S/c1-2-3-5-9-22(30)18-20-13-15-21(16-14-20)19-24(27(32)33)28-26(31)25-12-8-17-29(25)36(34,35)23-10-6-4-7-11-23/h4,6-7,10-11,13-16,24-25H,2-3,5,8-9,12,17-19H2,1H3,(H,28,31)(H,32,33). The zero-order chi connectivity index (χ0) is 26.1. The number of ketones is 1. The number of carboxylic acid groups (broad SMARTS) is 1. The molecule has 2 N–H and O–H groups in total. The lowest BCUT2D eigenvalue weighted by Gasteiger charge is -2.25. The molecule has 9 heteroatoms. The van der Waals surface area contributed by atoms with E-state index in [4.69, 9.17) is 0 Å².